The van der Waals surface area contributed by atoms with Crippen LogP contribution in [0.4, 0.5) is 0 Å². The minimum absolute atomic E-state index is 0.551. The van der Waals surface area contributed by atoms with Crippen LogP contribution >= 0.6 is 0 Å². The van der Waals surface area contributed by atoms with E-state index in [1.807, 2.05) is 0 Å². The Labute approximate surface area is 128 Å². The van der Waals surface area contributed by atoms with Gasteiger partial charge in [-0.1, -0.05) is 0 Å². The van der Waals surface area contributed by atoms with Gasteiger partial charge in [-0.2, -0.15) is 5.10 Å². The number of hydrogen-bond donors (Lipinski definition) is 1. The molecule has 0 saturated heterocycles. The number of hydrogen-bond acceptors (Lipinski definition) is 2. The van der Waals surface area contributed by atoms with Crippen LogP contribution in [-0.4, -0.2) is 22.9 Å². The Bertz CT molecular complexity index is 495. The highest BCUT2D eigenvalue weighted by Gasteiger charge is 2.53. The van der Waals surface area contributed by atoms with Gasteiger partial charge in [0.1, 0.15) is 0 Å². The second kappa shape index (κ2) is 4.84. The molecule has 1 N–H and O–H groups in total. The van der Waals surface area contributed by atoms with Gasteiger partial charge in [-0.25, -0.2) is 0 Å². The summed E-state index contributed by atoms with van der Waals surface area (Å²) < 4.78 is 2.23. The summed E-state index contributed by atoms with van der Waals surface area (Å²) in [6, 6.07) is 2.79. The van der Waals surface area contributed by atoms with Crippen molar-refractivity contribution in [3.63, 3.8) is 0 Å². The molecular weight excluding hydrogens is 258 g/mol. The summed E-state index contributed by atoms with van der Waals surface area (Å²) in [5.74, 6) is 3.06. The van der Waals surface area contributed by atoms with Gasteiger partial charge >= 0.3 is 0 Å². The number of nitrogens with zero attached hydrogens (tertiary/aromatic N) is 2. The Morgan fingerprint density at radius 1 is 1.19 bits per heavy atom. The van der Waals surface area contributed by atoms with Crippen LogP contribution in [0.3, 0.4) is 0 Å². The number of nitrogens with one attached hydrogen (secondary N) is 1. The van der Waals surface area contributed by atoms with Gasteiger partial charge in [0, 0.05) is 11.7 Å². The molecule has 5 rings (SSSR count). The third-order valence-corrected chi connectivity index (χ3v) is 6.63. The third-order valence-electron chi connectivity index (χ3n) is 6.63. The summed E-state index contributed by atoms with van der Waals surface area (Å²) in [5, 5.41) is 8.39. The maximum atomic E-state index is 4.70. The highest BCUT2D eigenvalue weighted by Crippen LogP contribution is 2.61. The van der Waals surface area contributed by atoms with Crippen LogP contribution < -0.4 is 5.32 Å². The van der Waals surface area contributed by atoms with E-state index in [1.165, 1.54) is 44.2 Å². The van der Waals surface area contributed by atoms with Crippen molar-refractivity contribution < 1.29 is 0 Å². The highest BCUT2D eigenvalue weighted by atomic mass is 15.3. The average molecular weight is 287 g/mol. The summed E-state index contributed by atoms with van der Waals surface area (Å²) >= 11 is 0. The molecule has 3 heteroatoms. The lowest BCUT2D eigenvalue weighted by molar-refractivity contribution is -0.0759. The van der Waals surface area contributed by atoms with E-state index in [-0.39, 0.29) is 0 Å². The molecule has 4 aliphatic rings. The van der Waals surface area contributed by atoms with E-state index in [4.69, 9.17) is 5.10 Å². The molecule has 0 spiro atoms. The van der Waals surface area contributed by atoms with E-state index in [0.717, 1.165) is 30.0 Å². The van der Waals surface area contributed by atoms with E-state index in [1.54, 1.807) is 0 Å². The molecule has 4 saturated carbocycles. The minimum Gasteiger partial charge on any atom is -0.315 e. The van der Waals surface area contributed by atoms with Crippen molar-refractivity contribution in [2.75, 3.05) is 7.05 Å². The Morgan fingerprint density at radius 3 is 2.19 bits per heavy atom. The fraction of sp³-hybridized carbons (Fsp3) is 0.833. The van der Waals surface area contributed by atoms with Crippen molar-refractivity contribution in [1.29, 1.82) is 0 Å². The molecule has 1 atom stereocenters. The molecule has 1 aromatic rings. The van der Waals surface area contributed by atoms with E-state index >= 15 is 0 Å². The van der Waals surface area contributed by atoms with E-state index < -0.39 is 0 Å². The van der Waals surface area contributed by atoms with Gasteiger partial charge in [0.2, 0.25) is 0 Å². The van der Waals surface area contributed by atoms with Crippen molar-refractivity contribution in [2.45, 2.75) is 65.0 Å². The lowest BCUT2D eigenvalue weighted by Gasteiger charge is -2.59. The number of aromatic nitrogens is 2. The highest BCUT2D eigenvalue weighted by molar-refractivity contribution is 5.09. The maximum Gasteiger partial charge on any atom is 0.0596 e. The monoisotopic (exact) mass is 287 g/mol. The van der Waals surface area contributed by atoms with Crippen molar-refractivity contribution in [3.05, 3.63) is 17.5 Å². The Kier molecular flexibility index (Phi) is 3.18. The fourth-order valence-electron chi connectivity index (χ4n) is 6.23. The van der Waals surface area contributed by atoms with Crippen LogP contribution in [0, 0.1) is 37.0 Å². The lowest BCUT2D eigenvalue weighted by Crippen LogP contribution is -2.56. The van der Waals surface area contributed by atoms with Crippen LogP contribution in [0.2, 0.25) is 0 Å². The Balaban J connectivity index is 1.59. The summed E-state index contributed by atoms with van der Waals surface area (Å²) in [6.45, 7) is 5.33. The zero-order valence-corrected chi connectivity index (χ0v) is 13.7. The molecule has 1 heterocycles. The van der Waals surface area contributed by atoms with Crippen LogP contribution in [0.5, 0.6) is 0 Å². The van der Waals surface area contributed by atoms with Gasteiger partial charge < -0.3 is 5.32 Å². The number of aryl methyl sites for hydroxylation is 2. The van der Waals surface area contributed by atoms with Crippen LogP contribution in [0.25, 0.3) is 0 Å². The van der Waals surface area contributed by atoms with E-state index in [9.17, 15) is 0 Å². The quantitative estimate of drug-likeness (QED) is 0.921. The molecule has 21 heavy (non-hydrogen) atoms. The Hall–Kier alpha value is -0.830. The van der Waals surface area contributed by atoms with Crippen molar-refractivity contribution in [2.24, 2.45) is 23.2 Å². The summed E-state index contributed by atoms with van der Waals surface area (Å²) in [5.41, 5.74) is 3.00. The first-order chi connectivity index (χ1) is 10.1. The molecule has 3 nitrogen and oxygen atoms in total. The van der Waals surface area contributed by atoms with E-state index in [0.29, 0.717) is 11.5 Å². The van der Waals surface area contributed by atoms with Gasteiger partial charge in [0.25, 0.3) is 0 Å². The second-order valence-electron chi connectivity index (χ2n) is 8.23. The smallest absolute Gasteiger partial charge is 0.0596 e. The zero-order chi connectivity index (χ0) is 14.6. The van der Waals surface area contributed by atoms with Crippen LogP contribution in [-0.2, 0) is 6.54 Å². The topological polar surface area (TPSA) is 29.9 Å². The number of rotatable bonds is 4. The first-order valence-electron chi connectivity index (χ1n) is 8.76. The lowest BCUT2D eigenvalue weighted by atomic mass is 9.47. The minimum atomic E-state index is 0.551. The normalized spacial score (nSPS) is 38.9. The first-order valence-corrected chi connectivity index (χ1v) is 8.76. The third kappa shape index (κ3) is 2.25. The molecule has 0 aliphatic heterocycles. The predicted octanol–water partition coefficient (Wildman–Crippen LogP) is 3.30. The predicted molar refractivity (Wildman–Crippen MR) is 85.2 cm³/mol. The molecule has 0 amide bonds. The van der Waals surface area contributed by atoms with Gasteiger partial charge in [-0.3, -0.25) is 4.68 Å². The molecule has 0 aromatic carbocycles. The molecule has 4 fully saturated rings. The molecule has 116 valence electrons. The molecule has 0 radical (unpaired) electrons. The van der Waals surface area contributed by atoms with Gasteiger partial charge in [-0.15, -0.1) is 0 Å². The fourth-order valence-corrected chi connectivity index (χ4v) is 6.23. The van der Waals surface area contributed by atoms with Crippen molar-refractivity contribution in [1.82, 2.24) is 15.1 Å². The first kappa shape index (κ1) is 13.8. The van der Waals surface area contributed by atoms with Gasteiger partial charge in [0.05, 0.1) is 12.2 Å². The number of likely N-dealkylation sites (N-methyl/N-ethyl adjacent to an activating group) is 1. The maximum absolute atomic E-state index is 4.70. The van der Waals surface area contributed by atoms with Crippen LogP contribution in [0.1, 0.15) is 49.9 Å². The van der Waals surface area contributed by atoms with Crippen molar-refractivity contribution >= 4 is 0 Å². The standard InChI is InChI=1S/C18H29N3/c1-12-4-13(2)21(20-12)11-17(19-3)18-8-14-5-15(9-18)7-16(6-14)10-18/h4,14-17,19H,5-11H2,1-3H3. The molecule has 4 bridgehead atoms. The molecule has 1 aromatic heterocycles. The summed E-state index contributed by atoms with van der Waals surface area (Å²) in [6.07, 6.45) is 8.96. The molecule has 1 unspecified atom stereocenters. The zero-order valence-electron chi connectivity index (χ0n) is 13.7. The van der Waals surface area contributed by atoms with Crippen molar-refractivity contribution in [3.8, 4) is 0 Å². The average Bonchev–Trinajstić information content (AvgIpc) is 2.72. The second-order valence-corrected chi connectivity index (χ2v) is 8.23. The SMILES string of the molecule is CNC(Cn1nc(C)cc1C)C12CC3CC(CC(C3)C1)C2. The Morgan fingerprint density at radius 2 is 1.76 bits per heavy atom. The largest absolute Gasteiger partial charge is 0.315 e. The van der Waals surface area contributed by atoms with E-state index in [2.05, 4.69) is 37.0 Å². The van der Waals surface area contributed by atoms with Crippen LogP contribution in [0.15, 0.2) is 6.07 Å². The molecular formula is C18H29N3. The molecule has 4 aliphatic carbocycles. The summed E-state index contributed by atoms with van der Waals surface area (Å²) in [4.78, 5) is 0. The van der Waals surface area contributed by atoms with Gasteiger partial charge in [0.15, 0.2) is 0 Å². The summed E-state index contributed by atoms with van der Waals surface area (Å²) in [7, 11) is 2.16. The van der Waals surface area contributed by atoms with Gasteiger partial charge in [-0.05, 0) is 88.7 Å².